The molecule has 0 N–H and O–H groups in total. The Bertz CT molecular complexity index is 629. The van der Waals surface area contributed by atoms with Crippen LogP contribution in [-0.4, -0.2) is 17.2 Å². The lowest BCUT2D eigenvalue weighted by Crippen LogP contribution is -2.02. The van der Waals surface area contributed by atoms with E-state index in [1.807, 2.05) is 47.1 Å². The van der Waals surface area contributed by atoms with Crippen LogP contribution in [0.3, 0.4) is 0 Å². The summed E-state index contributed by atoms with van der Waals surface area (Å²) < 4.78 is 2.03. The van der Waals surface area contributed by atoms with Crippen LogP contribution in [0.15, 0.2) is 54.9 Å². The third kappa shape index (κ3) is 1.41. The highest BCUT2D eigenvalue weighted by atomic mass is 15.0. The lowest BCUT2D eigenvalue weighted by molar-refractivity contribution is 1.20. The number of hydrogen-bond acceptors (Lipinski definition) is 1. The molecule has 16 heavy (non-hydrogen) atoms. The van der Waals surface area contributed by atoms with Crippen LogP contribution in [0.1, 0.15) is 0 Å². The number of fused-ring (bicyclic) bond motifs is 1. The summed E-state index contributed by atoms with van der Waals surface area (Å²) in [4.78, 5) is 4.34. The van der Waals surface area contributed by atoms with E-state index in [0.29, 0.717) is 0 Å². The van der Waals surface area contributed by atoms with Crippen molar-refractivity contribution in [2.75, 3.05) is 0 Å². The fourth-order valence-corrected chi connectivity index (χ4v) is 1.82. The van der Waals surface area contributed by atoms with E-state index >= 15 is 0 Å². The van der Waals surface area contributed by atoms with E-state index < -0.39 is 0 Å². The predicted molar refractivity (Wildman–Crippen MR) is 66.0 cm³/mol. The molecule has 0 aliphatic heterocycles. The van der Waals surface area contributed by atoms with Crippen LogP contribution in [0.25, 0.3) is 16.9 Å². The molecule has 0 amide bonds. The van der Waals surface area contributed by atoms with Crippen molar-refractivity contribution in [2.45, 2.75) is 0 Å². The number of nitrogens with zero attached hydrogens (tertiary/aromatic N) is 2. The predicted octanol–water partition coefficient (Wildman–Crippen LogP) is 1.80. The molecule has 0 saturated carbocycles. The van der Waals surface area contributed by atoms with Gasteiger partial charge in [-0.25, -0.2) is 4.98 Å². The fraction of sp³-hybridized carbons (Fsp3) is 0. The van der Waals surface area contributed by atoms with Crippen LogP contribution in [-0.2, 0) is 0 Å². The second-order valence-corrected chi connectivity index (χ2v) is 3.70. The lowest BCUT2D eigenvalue weighted by atomic mass is 9.98. The third-order valence-electron chi connectivity index (χ3n) is 2.61. The van der Waals surface area contributed by atoms with Gasteiger partial charge in [-0.15, -0.1) is 0 Å². The van der Waals surface area contributed by atoms with Crippen molar-refractivity contribution in [2.24, 2.45) is 0 Å². The molecule has 0 spiro atoms. The normalized spacial score (nSPS) is 10.8. The maximum atomic E-state index is 5.72. The molecule has 0 fully saturated rings. The Balaban J connectivity index is 2.26. The Morgan fingerprint density at radius 1 is 1.06 bits per heavy atom. The number of aromatic nitrogens is 2. The van der Waals surface area contributed by atoms with Crippen molar-refractivity contribution in [3.63, 3.8) is 0 Å². The first kappa shape index (κ1) is 9.22. The highest BCUT2D eigenvalue weighted by molar-refractivity contribution is 6.32. The monoisotopic (exact) mass is 204 g/mol. The summed E-state index contributed by atoms with van der Waals surface area (Å²) in [7, 11) is 5.72. The summed E-state index contributed by atoms with van der Waals surface area (Å²) in [6, 6.07) is 13.9. The molecule has 0 aliphatic rings. The van der Waals surface area contributed by atoms with Crippen LogP contribution >= 0.6 is 0 Å². The summed E-state index contributed by atoms with van der Waals surface area (Å²) in [6.45, 7) is 0. The maximum absolute atomic E-state index is 5.72. The Morgan fingerprint density at radius 3 is 2.69 bits per heavy atom. The van der Waals surface area contributed by atoms with E-state index in [9.17, 15) is 0 Å². The summed E-state index contributed by atoms with van der Waals surface area (Å²) in [5.41, 5.74) is 3.84. The van der Waals surface area contributed by atoms with Gasteiger partial charge in [0.1, 0.15) is 13.5 Å². The average molecular weight is 204 g/mol. The first-order valence-corrected chi connectivity index (χ1v) is 5.12. The summed E-state index contributed by atoms with van der Waals surface area (Å²) in [5.74, 6) is 0. The largest absolute Gasteiger partial charge is 0.300 e. The zero-order valence-electron chi connectivity index (χ0n) is 8.67. The van der Waals surface area contributed by atoms with Crippen molar-refractivity contribution < 1.29 is 0 Å². The standard InChI is InChI=1S/C13H9BN2/c14-11-6-7-16-12(9-15-13(16)8-11)10-4-2-1-3-5-10/h1-9H. The lowest BCUT2D eigenvalue weighted by Gasteiger charge is -2.02. The first-order valence-electron chi connectivity index (χ1n) is 5.12. The Kier molecular flexibility index (Phi) is 2.03. The fourth-order valence-electron chi connectivity index (χ4n) is 1.82. The molecule has 1 aromatic carbocycles. The van der Waals surface area contributed by atoms with Gasteiger partial charge in [-0.2, -0.15) is 0 Å². The van der Waals surface area contributed by atoms with Crippen molar-refractivity contribution in [3.05, 3.63) is 54.9 Å². The minimum absolute atomic E-state index is 0.734. The molecule has 2 heterocycles. The van der Waals surface area contributed by atoms with Crippen molar-refractivity contribution in [1.29, 1.82) is 0 Å². The molecule has 3 rings (SSSR count). The average Bonchev–Trinajstić information content (AvgIpc) is 2.73. The van der Waals surface area contributed by atoms with Gasteiger partial charge in [0.05, 0.1) is 11.9 Å². The minimum Gasteiger partial charge on any atom is -0.300 e. The number of imidazole rings is 1. The van der Waals surface area contributed by atoms with Gasteiger partial charge in [-0.1, -0.05) is 41.9 Å². The molecule has 3 heteroatoms. The highest BCUT2D eigenvalue weighted by Gasteiger charge is 2.04. The van der Waals surface area contributed by atoms with Crippen molar-refractivity contribution in [3.8, 4) is 11.3 Å². The van der Waals surface area contributed by atoms with Crippen LogP contribution in [0.5, 0.6) is 0 Å². The number of pyridine rings is 1. The van der Waals surface area contributed by atoms with E-state index in [-0.39, 0.29) is 0 Å². The SMILES string of the molecule is [B]c1ccn2c(-c3ccccc3)cnc2c1. The molecular weight excluding hydrogens is 195 g/mol. The van der Waals surface area contributed by atoms with Gasteiger partial charge in [0.25, 0.3) is 0 Å². The van der Waals surface area contributed by atoms with Gasteiger partial charge in [-0.05, 0) is 6.07 Å². The molecule has 2 nitrogen and oxygen atoms in total. The van der Waals surface area contributed by atoms with E-state index in [2.05, 4.69) is 17.1 Å². The summed E-state index contributed by atoms with van der Waals surface area (Å²) in [6.07, 6.45) is 3.81. The summed E-state index contributed by atoms with van der Waals surface area (Å²) >= 11 is 0. The number of rotatable bonds is 1. The summed E-state index contributed by atoms with van der Waals surface area (Å²) in [5, 5.41) is 0. The second-order valence-electron chi connectivity index (χ2n) is 3.70. The van der Waals surface area contributed by atoms with Gasteiger partial charge in [0.15, 0.2) is 0 Å². The molecule has 2 aromatic heterocycles. The van der Waals surface area contributed by atoms with E-state index in [1.54, 1.807) is 0 Å². The van der Waals surface area contributed by atoms with E-state index in [0.717, 1.165) is 22.4 Å². The Morgan fingerprint density at radius 2 is 1.88 bits per heavy atom. The van der Waals surface area contributed by atoms with Crippen LogP contribution in [0.4, 0.5) is 0 Å². The maximum Gasteiger partial charge on any atom is 0.136 e. The highest BCUT2D eigenvalue weighted by Crippen LogP contribution is 2.19. The Labute approximate surface area is 95.0 Å². The molecule has 0 aliphatic carbocycles. The second kappa shape index (κ2) is 3.52. The Hall–Kier alpha value is -2.03. The van der Waals surface area contributed by atoms with Crippen LogP contribution in [0, 0.1) is 0 Å². The number of hydrogen-bond donors (Lipinski definition) is 0. The molecule has 2 radical (unpaired) electrons. The molecule has 0 atom stereocenters. The number of benzene rings is 1. The first-order chi connectivity index (χ1) is 7.84. The van der Waals surface area contributed by atoms with Crippen LogP contribution in [0.2, 0.25) is 0 Å². The van der Waals surface area contributed by atoms with Gasteiger partial charge in [0, 0.05) is 11.8 Å². The van der Waals surface area contributed by atoms with Crippen LogP contribution < -0.4 is 5.46 Å². The minimum atomic E-state index is 0.734. The molecular formula is C13H9BN2. The zero-order valence-corrected chi connectivity index (χ0v) is 8.67. The van der Waals surface area contributed by atoms with Gasteiger partial charge < -0.3 is 0 Å². The van der Waals surface area contributed by atoms with E-state index in [1.165, 1.54) is 0 Å². The zero-order chi connectivity index (χ0) is 11.0. The van der Waals surface area contributed by atoms with Crippen molar-refractivity contribution in [1.82, 2.24) is 9.38 Å². The molecule has 0 saturated heterocycles. The molecule has 74 valence electrons. The van der Waals surface area contributed by atoms with Crippen molar-refractivity contribution >= 4 is 19.0 Å². The quantitative estimate of drug-likeness (QED) is 0.552. The molecule has 0 unspecified atom stereocenters. The van der Waals surface area contributed by atoms with Gasteiger partial charge in [-0.3, -0.25) is 4.40 Å². The third-order valence-corrected chi connectivity index (χ3v) is 2.61. The molecule has 0 bridgehead atoms. The smallest absolute Gasteiger partial charge is 0.136 e. The topological polar surface area (TPSA) is 17.3 Å². The van der Waals surface area contributed by atoms with Gasteiger partial charge >= 0.3 is 0 Å². The van der Waals surface area contributed by atoms with E-state index in [4.69, 9.17) is 7.85 Å². The molecule has 3 aromatic rings. The van der Waals surface area contributed by atoms with Gasteiger partial charge in [0.2, 0.25) is 0 Å².